The summed E-state index contributed by atoms with van der Waals surface area (Å²) in [6.45, 7) is 0. The Labute approximate surface area is 104 Å². The SMILES string of the molecule is C1=NN=NN2C=C3C=c4ccccc4=CC3C=C12. The van der Waals surface area contributed by atoms with Crippen molar-refractivity contribution in [2.45, 2.75) is 0 Å². The van der Waals surface area contributed by atoms with Crippen molar-refractivity contribution in [3.8, 4) is 0 Å². The summed E-state index contributed by atoms with van der Waals surface area (Å²) in [5, 5.41) is 15.7. The molecule has 0 bridgehead atoms. The second-order valence-electron chi connectivity index (χ2n) is 4.45. The molecule has 1 aromatic carbocycles. The Bertz CT molecular complexity index is 752. The minimum Gasteiger partial charge on any atom is -0.219 e. The van der Waals surface area contributed by atoms with E-state index in [0.29, 0.717) is 5.92 Å². The molecular formula is C14H10N4. The quantitative estimate of drug-likeness (QED) is 0.667. The van der Waals surface area contributed by atoms with Crippen LogP contribution in [0.15, 0.2) is 63.4 Å². The number of benzene rings is 1. The maximum atomic E-state index is 3.98. The molecule has 0 spiro atoms. The minimum atomic E-state index is 0.297. The Morgan fingerprint density at radius 1 is 1.06 bits per heavy atom. The van der Waals surface area contributed by atoms with Crippen molar-refractivity contribution in [3.05, 3.63) is 58.2 Å². The van der Waals surface area contributed by atoms with E-state index in [1.54, 1.807) is 11.2 Å². The van der Waals surface area contributed by atoms with Crippen LogP contribution in [0.2, 0.25) is 0 Å². The lowest BCUT2D eigenvalue weighted by molar-refractivity contribution is 0.452. The van der Waals surface area contributed by atoms with E-state index in [2.05, 4.69) is 58.0 Å². The highest BCUT2D eigenvalue weighted by molar-refractivity contribution is 5.80. The van der Waals surface area contributed by atoms with Crippen LogP contribution in [0.3, 0.4) is 0 Å². The van der Waals surface area contributed by atoms with Gasteiger partial charge in [-0.05, 0) is 38.6 Å². The van der Waals surface area contributed by atoms with Gasteiger partial charge in [0.25, 0.3) is 0 Å². The highest BCUT2D eigenvalue weighted by atomic mass is 15.6. The molecule has 0 N–H and O–H groups in total. The van der Waals surface area contributed by atoms with Crippen molar-refractivity contribution < 1.29 is 0 Å². The predicted octanol–water partition coefficient (Wildman–Crippen LogP) is 1.33. The lowest BCUT2D eigenvalue weighted by Gasteiger charge is -2.26. The van der Waals surface area contributed by atoms with Crippen molar-refractivity contribution >= 4 is 18.4 Å². The van der Waals surface area contributed by atoms with Crippen LogP contribution in [0.1, 0.15) is 0 Å². The molecule has 1 atom stereocenters. The van der Waals surface area contributed by atoms with Gasteiger partial charge in [-0.1, -0.05) is 30.3 Å². The molecule has 4 rings (SSSR count). The lowest BCUT2D eigenvalue weighted by atomic mass is 9.90. The maximum Gasteiger partial charge on any atom is 0.0835 e. The van der Waals surface area contributed by atoms with E-state index in [1.165, 1.54) is 16.0 Å². The van der Waals surface area contributed by atoms with Crippen LogP contribution in [-0.4, -0.2) is 11.2 Å². The van der Waals surface area contributed by atoms with Gasteiger partial charge in [-0.2, -0.15) is 0 Å². The fourth-order valence-corrected chi connectivity index (χ4v) is 2.43. The molecule has 86 valence electrons. The highest BCUT2D eigenvalue weighted by Gasteiger charge is 2.21. The van der Waals surface area contributed by atoms with Crippen molar-refractivity contribution in [1.29, 1.82) is 0 Å². The first-order valence-electron chi connectivity index (χ1n) is 5.85. The molecule has 18 heavy (non-hydrogen) atoms. The van der Waals surface area contributed by atoms with Crippen LogP contribution in [-0.2, 0) is 0 Å². The molecule has 3 aliphatic rings. The van der Waals surface area contributed by atoms with E-state index < -0.39 is 0 Å². The number of nitrogens with zero attached hydrogens (tertiary/aromatic N) is 4. The van der Waals surface area contributed by atoms with Gasteiger partial charge in [0, 0.05) is 12.1 Å². The van der Waals surface area contributed by atoms with E-state index in [4.69, 9.17) is 0 Å². The van der Waals surface area contributed by atoms with Gasteiger partial charge in [-0.25, -0.2) is 5.01 Å². The molecule has 4 heteroatoms. The Kier molecular flexibility index (Phi) is 1.85. The van der Waals surface area contributed by atoms with Crippen molar-refractivity contribution in [3.63, 3.8) is 0 Å². The fourth-order valence-electron chi connectivity index (χ4n) is 2.43. The summed E-state index contributed by atoms with van der Waals surface area (Å²) in [5.41, 5.74) is 2.20. The van der Waals surface area contributed by atoms with Crippen molar-refractivity contribution in [2.24, 2.45) is 21.5 Å². The zero-order chi connectivity index (χ0) is 11.9. The van der Waals surface area contributed by atoms with Crippen LogP contribution >= 0.6 is 0 Å². The van der Waals surface area contributed by atoms with Crippen LogP contribution in [0.25, 0.3) is 12.2 Å². The Morgan fingerprint density at radius 2 is 1.94 bits per heavy atom. The average molecular weight is 234 g/mol. The lowest BCUT2D eigenvalue weighted by Crippen LogP contribution is -2.31. The van der Waals surface area contributed by atoms with Gasteiger partial charge < -0.3 is 0 Å². The monoisotopic (exact) mass is 234 g/mol. The van der Waals surface area contributed by atoms with Gasteiger partial charge >= 0.3 is 0 Å². The highest BCUT2D eigenvalue weighted by Crippen LogP contribution is 2.27. The molecule has 2 aliphatic heterocycles. The standard InChI is InChI=1S/C14H10N4/c1-2-4-11-6-13-9-18-14(8-15-16-17-18)7-12(13)5-10(11)3-1/h1-9,12H. The molecule has 1 unspecified atom stereocenters. The summed E-state index contributed by atoms with van der Waals surface area (Å²) in [4.78, 5) is 0. The van der Waals surface area contributed by atoms with E-state index in [-0.39, 0.29) is 0 Å². The molecule has 0 radical (unpaired) electrons. The minimum absolute atomic E-state index is 0.297. The number of allylic oxidation sites excluding steroid dienone is 3. The molecule has 0 saturated carbocycles. The molecule has 0 fully saturated rings. The summed E-state index contributed by atoms with van der Waals surface area (Å²) in [6, 6.07) is 8.39. The van der Waals surface area contributed by atoms with E-state index in [0.717, 1.165) is 5.70 Å². The number of fused-ring (bicyclic) bond motifs is 3. The molecule has 2 heterocycles. The Balaban J connectivity index is 1.92. The molecule has 4 nitrogen and oxygen atoms in total. The first kappa shape index (κ1) is 9.53. The van der Waals surface area contributed by atoms with Gasteiger partial charge in [0.2, 0.25) is 0 Å². The van der Waals surface area contributed by atoms with Gasteiger partial charge in [-0.3, -0.25) is 0 Å². The van der Waals surface area contributed by atoms with Gasteiger partial charge in [0.15, 0.2) is 0 Å². The number of rotatable bonds is 0. The van der Waals surface area contributed by atoms with Crippen LogP contribution in [0, 0.1) is 5.92 Å². The normalized spacial score (nSPS) is 22.9. The van der Waals surface area contributed by atoms with Gasteiger partial charge in [0.1, 0.15) is 0 Å². The first-order chi connectivity index (χ1) is 8.90. The molecular weight excluding hydrogens is 224 g/mol. The largest absolute Gasteiger partial charge is 0.219 e. The summed E-state index contributed by atoms with van der Waals surface area (Å²) in [5.74, 6) is 0.297. The third kappa shape index (κ3) is 1.35. The molecule has 1 aromatic rings. The Morgan fingerprint density at radius 3 is 2.89 bits per heavy atom. The van der Waals surface area contributed by atoms with E-state index in [1.807, 2.05) is 6.20 Å². The zero-order valence-corrected chi connectivity index (χ0v) is 9.56. The fraction of sp³-hybridized carbons (Fsp3) is 0.0714. The second kappa shape index (κ2) is 3.50. The van der Waals surface area contributed by atoms with Crippen LogP contribution < -0.4 is 10.4 Å². The summed E-state index contributed by atoms with van der Waals surface area (Å²) < 4.78 is 0. The third-order valence-electron chi connectivity index (χ3n) is 3.33. The molecule has 0 saturated heterocycles. The van der Waals surface area contributed by atoms with Crippen LogP contribution in [0.4, 0.5) is 0 Å². The van der Waals surface area contributed by atoms with E-state index in [9.17, 15) is 0 Å². The summed E-state index contributed by atoms with van der Waals surface area (Å²) >= 11 is 0. The second-order valence-corrected chi connectivity index (χ2v) is 4.45. The smallest absolute Gasteiger partial charge is 0.0835 e. The number of hydrogen-bond donors (Lipinski definition) is 0. The van der Waals surface area contributed by atoms with Gasteiger partial charge in [-0.15, -0.1) is 5.10 Å². The molecule has 0 aromatic heterocycles. The first-order valence-corrected chi connectivity index (χ1v) is 5.85. The number of hydrogen-bond acceptors (Lipinski definition) is 4. The van der Waals surface area contributed by atoms with Gasteiger partial charge in [0.05, 0.1) is 11.9 Å². The summed E-state index contributed by atoms with van der Waals surface area (Å²) in [7, 11) is 0. The zero-order valence-electron chi connectivity index (χ0n) is 9.56. The predicted molar refractivity (Wildman–Crippen MR) is 69.5 cm³/mol. The average Bonchev–Trinajstić information content (AvgIpc) is 2.42. The van der Waals surface area contributed by atoms with E-state index >= 15 is 0 Å². The van der Waals surface area contributed by atoms with Crippen molar-refractivity contribution in [2.75, 3.05) is 0 Å². The Hall–Kier alpha value is -2.49. The van der Waals surface area contributed by atoms with Crippen molar-refractivity contribution in [1.82, 2.24) is 5.01 Å². The molecule has 1 aliphatic carbocycles. The summed E-state index contributed by atoms with van der Waals surface area (Å²) in [6.07, 6.45) is 10.4. The topological polar surface area (TPSA) is 40.3 Å². The molecule has 0 amide bonds. The van der Waals surface area contributed by atoms with Crippen LogP contribution in [0.5, 0.6) is 0 Å². The third-order valence-corrected chi connectivity index (χ3v) is 3.33. The maximum absolute atomic E-state index is 3.98.